The van der Waals surface area contributed by atoms with Gasteiger partial charge in [-0.25, -0.2) is 4.68 Å². The van der Waals surface area contributed by atoms with Gasteiger partial charge in [-0.3, -0.25) is 34.4 Å². The van der Waals surface area contributed by atoms with Crippen LogP contribution in [0.4, 0.5) is 0 Å². The number of amides is 4. The highest BCUT2D eigenvalue weighted by Gasteiger charge is 2.45. The summed E-state index contributed by atoms with van der Waals surface area (Å²) in [4.78, 5) is 55.2. The number of pyridine rings is 1. The van der Waals surface area contributed by atoms with E-state index in [1.54, 1.807) is 36.7 Å². The molecule has 1 atom stereocenters. The molecule has 0 spiro atoms. The molecule has 1 saturated heterocycles. The molecule has 0 aliphatic carbocycles. The topological polar surface area (TPSA) is 136 Å². The van der Waals surface area contributed by atoms with Crippen LogP contribution >= 0.6 is 0 Å². The van der Waals surface area contributed by atoms with E-state index in [1.165, 1.54) is 17.9 Å². The molecule has 11 heteroatoms. The van der Waals surface area contributed by atoms with Crippen molar-refractivity contribution in [1.82, 2.24) is 30.2 Å². The van der Waals surface area contributed by atoms with Crippen molar-refractivity contribution in [2.24, 2.45) is 0 Å². The van der Waals surface area contributed by atoms with Crippen LogP contribution in [-0.2, 0) is 9.59 Å². The summed E-state index contributed by atoms with van der Waals surface area (Å²) < 4.78 is 6.69. The number of imide groups is 2. The molecular weight excluding hydrogens is 416 g/mol. The van der Waals surface area contributed by atoms with Gasteiger partial charge in [-0.2, -0.15) is 0 Å². The summed E-state index contributed by atoms with van der Waals surface area (Å²) in [6.07, 6.45) is 3.30. The number of hydrogen-bond donors (Lipinski definition) is 1. The Morgan fingerprint density at radius 1 is 1.09 bits per heavy atom. The number of benzene rings is 1. The average Bonchev–Trinajstić information content (AvgIpc) is 3.38. The van der Waals surface area contributed by atoms with Gasteiger partial charge in [-0.1, -0.05) is 11.3 Å². The van der Waals surface area contributed by atoms with Crippen LogP contribution in [-0.4, -0.2) is 61.7 Å². The first kappa shape index (κ1) is 19.5. The molecule has 2 aliphatic rings. The molecule has 160 valence electrons. The Morgan fingerprint density at radius 3 is 2.72 bits per heavy atom. The minimum atomic E-state index is -1.04. The standard InChI is InChI=1S/C21H16N6O5/c1-32-15-6-3-9-22-18(15)12-10-26(25-24-12)13-5-2-4-11-17(13)21(31)27(20(11)30)14-7-8-16(28)23-19(14)29/h2-6,9-10,14H,7-8H2,1H3,(H,23,28,29). The van der Waals surface area contributed by atoms with Gasteiger partial charge in [0.15, 0.2) is 0 Å². The van der Waals surface area contributed by atoms with E-state index >= 15 is 0 Å². The lowest BCUT2D eigenvalue weighted by molar-refractivity contribution is -0.136. The van der Waals surface area contributed by atoms with Gasteiger partial charge in [0.1, 0.15) is 23.2 Å². The third-order valence-electron chi connectivity index (χ3n) is 5.42. The normalized spacial score (nSPS) is 18.0. The Balaban J connectivity index is 1.54. The second kappa shape index (κ2) is 7.38. The Bertz CT molecular complexity index is 1300. The summed E-state index contributed by atoms with van der Waals surface area (Å²) in [5.74, 6) is -1.80. The van der Waals surface area contributed by atoms with Crippen LogP contribution in [0.15, 0.2) is 42.7 Å². The number of methoxy groups -OCH3 is 1. The zero-order chi connectivity index (χ0) is 22.4. The quantitative estimate of drug-likeness (QED) is 0.596. The van der Waals surface area contributed by atoms with E-state index in [9.17, 15) is 19.2 Å². The maximum absolute atomic E-state index is 13.3. The second-order valence-corrected chi connectivity index (χ2v) is 7.25. The molecule has 0 radical (unpaired) electrons. The molecule has 0 bridgehead atoms. The molecule has 4 heterocycles. The first-order valence-electron chi connectivity index (χ1n) is 9.76. The number of fused-ring (bicyclic) bond motifs is 1. The molecule has 3 aromatic rings. The molecule has 1 N–H and O–H groups in total. The van der Waals surface area contributed by atoms with Gasteiger partial charge in [0.2, 0.25) is 11.8 Å². The maximum Gasteiger partial charge on any atom is 0.264 e. The number of ether oxygens (including phenoxy) is 1. The van der Waals surface area contributed by atoms with E-state index < -0.39 is 29.7 Å². The minimum absolute atomic E-state index is 0.0506. The molecule has 1 fully saturated rings. The first-order valence-corrected chi connectivity index (χ1v) is 9.76. The molecule has 4 amide bonds. The van der Waals surface area contributed by atoms with Gasteiger partial charge in [-0.05, 0) is 30.7 Å². The van der Waals surface area contributed by atoms with Crippen molar-refractivity contribution in [3.05, 3.63) is 53.9 Å². The molecule has 5 rings (SSSR count). The number of nitrogens with zero attached hydrogens (tertiary/aromatic N) is 5. The first-order chi connectivity index (χ1) is 15.5. The molecule has 11 nitrogen and oxygen atoms in total. The van der Waals surface area contributed by atoms with Crippen molar-refractivity contribution in [3.8, 4) is 22.8 Å². The fourth-order valence-electron chi connectivity index (χ4n) is 3.93. The zero-order valence-corrected chi connectivity index (χ0v) is 16.8. The van der Waals surface area contributed by atoms with Crippen LogP contribution in [0.2, 0.25) is 0 Å². The fraction of sp³-hybridized carbons (Fsp3) is 0.190. The smallest absolute Gasteiger partial charge is 0.264 e. The SMILES string of the molecule is COc1cccnc1-c1cn(-c2cccc3c2C(=O)N(C2CCC(=O)NC2=O)C3=O)nn1. The lowest BCUT2D eigenvalue weighted by atomic mass is 10.0. The molecule has 1 aromatic carbocycles. The van der Waals surface area contributed by atoms with Gasteiger partial charge in [0.05, 0.1) is 30.1 Å². The van der Waals surface area contributed by atoms with Crippen molar-refractivity contribution >= 4 is 23.6 Å². The lowest BCUT2D eigenvalue weighted by Crippen LogP contribution is -2.54. The molecule has 2 aromatic heterocycles. The Labute approximate surface area is 181 Å². The summed E-state index contributed by atoms with van der Waals surface area (Å²) in [5, 5.41) is 10.4. The summed E-state index contributed by atoms with van der Waals surface area (Å²) in [5.41, 5.74) is 1.50. The molecule has 0 saturated carbocycles. The van der Waals surface area contributed by atoms with Gasteiger partial charge in [-0.15, -0.1) is 5.10 Å². The number of hydrogen-bond acceptors (Lipinski definition) is 8. The van der Waals surface area contributed by atoms with Gasteiger partial charge >= 0.3 is 0 Å². The molecule has 32 heavy (non-hydrogen) atoms. The van der Waals surface area contributed by atoms with E-state index in [-0.39, 0.29) is 24.0 Å². The average molecular weight is 432 g/mol. The number of carbonyl (C=O) groups is 4. The third kappa shape index (κ3) is 2.94. The minimum Gasteiger partial charge on any atom is -0.494 e. The number of nitrogens with one attached hydrogen (secondary N) is 1. The number of piperidine rings is 1. The van der Waals surface area contributed by atoms with E-state index in [4.69, 9.17) is 4.74 Å². The maximum atomic E-state index is 13.3. The van der Waals surface area contributed by atoms with E-state index in [2.05, 4.69) is 20.6 Å². The highest BCUT2D eigenvalue weighted by molar-refractivity contribution is 6.24. The summed E-state index contributed by atoms with van der Waals surface area (Å²) in [6, 6.07) is 7.19. The van der Waals surface area contributed by atoms with E-state index in [0.717, 1.165) is 4.90 Å². The van der Waals surface area contributed by atoms with Crippen molar-refractivity contribution in [1.29, 1.82) is 0 Å². The van der Waals surface area contributed by atoms with E-state index in [1.807, 2.05) is 0 Å². The molecule has 1 unspecified atom stereocenters. The Morgan fingerprint density at radius 2 is 1.94 bits per heavy atom. The highest BCUT2D eigenvalue weighted by atomic mass is 16.5. The van der Waals surface area contributed by atoms with Crippen LogP contribution in [0, 0.1) is 0 Å². The molecule has 2 aliphatic heterocycles. The van der Waals surface area contributed by atoms with Crippen molar-refractivity contribution < 1.29 is 23.9 Å². The fourth-order valence-corrected chi connectivity index (χ4v) is 3.93. The predicted molar refractivity (Wildman–Crippen MR) is 108 cm³/mol. The van der Waals surface area contributed by atoms with E-state index in [0.29, 0.717) is 22.8 Å². The summed E-state index contributed by atoms with van der Waals surface area (Å²) in [7, 11) is 1.52. The zero-order valence-electron chi connectivity index (χ0n) is 16.8. The van der Waals surface area contributed by atoms with Gasteiger partial charge < -0.3 is 4.74 Å². The number of carbonyl (C=O) groups excluding carboxylic acids is 4. The highest BCUT2D eigenvalue weighted by Crippen LogP contribution is 2.32. The largest absolute Gasteiger partial charge is 0.494 e. The van der Waals surface area contributed by atoms with Crippen molar-refractivity contribution in [3.63, 3.8) is 0 Å². The van der Waals surface area contributed by atoms with Crippen LogP contribution in [0.1, 0.15) is 33.6 Å². The van der Waals surface area contributed by atoms with Gasteiger partial charge in [0.25, 0.3) is 11.8 Å². The van der Waals surface area contributed by atoms with Crippen LogP contribution in [0.3, 0.4) is 0 Å². The number of rotatable bonds is 4. The Kier molecular flexibility index (Phi) is 4.51. The van der Waals surface area contributed by atoms with Gasteiger partial charge in [0, 0.05) is 12.6 Å². The molecular formula is C21H16N6O5. The van der Waals surface area contributed by atoms with Crippen LogP contribution in [0.5, 0.6) is 5.75 Å². The number of aromatic nitrogens is 4. The van der Waals surface area contributed by atoms with Crippen LogP contribution < -0.4 is 10.1 Å². The third-order valence-corrected chi connectivity index (χ3v) is 5.42. The monoisotopic (exact) mass is 432 g/mol. The van der Waals surface area contributed by atoms with Crippen molar-refractivity contribution in [2.75, 3.05) is 7.11 Å². The lowest BCUT2D eigenvalue weighted by Gasteiger charge is -2.27. The van der Waals surface area contributed by atoms with Crippen LogP contribution in [0.25, 0.3) is 17.1 Å². The predicted octanol–water partition coefficient (Wildman–Crippen LogP) is 0.739. The summed E-state index contributed by atoms with van der Waals surface area (Å²) in [6.45, 7) is 0. The second-order valence-electron chi connectivity index (χ2n) is 7.25. The van der Waals surface area contributed by atoms with Crippen molar-refractivity contribution in [2.45, 2.75) is 18.9 Å². The summed E-state index contributed by atoms with van der Waals surface area (Å²) >= 11 is 0. The Hall–Kier alpha value is -4.41.